The Kier molecular flexibility index (Phi) is 4.38. The molecule has 0 bridgehead atoms. The summed E-state index contributed by atoms with van der Waals surface area (Å²) in [5.74, 6) is -0.203. The van der Waals surface area contributed by atoms with Gasteiger partial charge in [-0.1, -0.05) is 42.5 Å². The molecule has 21 heavy (non-hydrogen) atoms. The molecular formula is C17H15FN2S. The standard InChI is InChI=1S/C17H15FN2S/c18-15-8-6-13(7-9-15)10-19-11-17-20-16(12-21-17)14-4-2-1-3-5-14/h1-9,12,19H,10-11H2. The monoisotopic (exact) mass is 298 g/mol. The van der Waals surface area contributed by atoms with Crippen molar-refractivity contribution < 1.29 is 4.39 Å². The van der Waals surface area contributed by atoms with E-state index in [2.05, 4.69) is 27.8 Å². The van der Waals surface area contributed by atoms with Crippen molar-refractivity contribution in [2.45, 2.75) is 13.1 Å². The summed E-state index contributed by atoms with van der Waals surface area (Å²) in [5.41, 5.74) is 3.22. The number of hydrogen-bond acceptors (Lipinski definition) is 3. The van der Waals surface area contributed by atoms with Crippen LogP contribution in [-0.4, -0.2) is 4.98 Å². The average molecular weight is 298 g/mol. The quantitative estimate of drug-likeness (QED) is 0.762. The number of hydrogen-bond donors (Lipinski definition) is 1. The van der Waals surface area contributed by atoms with Gasteiger partial charge in [0.1, 0.15) is 10.8 Å². The van der Waals surface area contributed by atoms with Crippen LogP contribution in [0.25, 0.3) is 11.3 Å². The largest absolute Gasteiger partial charge is 0.306 e. The highest BCUT2D eigenvalue weighted by Crippen LogP contribution is 2.21. The van der Waals surface area contributed by atoms with Gasteiger partial charge in [-0.25, -0.2) is 9.37 Å². The Morgan fingerprint density at radius 2 is 1.71 bits per heavy atom. The minimum atomic E-state index is -0.203. The van der Waals surface area contributed by atoms with E-state index in [0.717, 1.165) is 28.4 Å². The van der Waals surface area contributed by atoms with Crippen LogP contribution in [0.1, 0.15) is 10.6 Å². The topological polar surface area (TPSA) is 24.9 Å². The van der Waals surface area contributed by atoms with E-state index < -0.39 is 0 Å². The van der Waals surface area contributed by atoms with Gasteiger partial charge in [-0.15, -0.1) is 11.3 Å². The Hall–Kier alpha value is -2.04. The number of nitrogens with one attached hydrogen (secondary N) is 1. The molecule has 1 heterocycles. The molecule has 106 valence electrons. The van der Waals surface area contributed by atoms with E-state index in [0.29, 0.717) is 6.54 Å². The molecule has 0 saturated carbocycles. The summed E-state index contributed by atoms with van der Waals surface area (Å²) >= 11 is 1.65. The van der Waals surface area contributed by atoms with Crippen LogP contribution in [0, 0.1) is 5.82 Å². The molecule has 3 aromatic rings. The Morgan fingerprint density at radius 3 is 2.48 bits per heavy atom. The summed E-state index contributed by atoms with van der Waals surface area (Å²) in [6.07, 6.45) is 0. The molecule has 0 saturated heterocycles. The average Bonchev–Trinajstić information content (AvgIpc) is 2.99. The summed E-state index contributed by atoms with van der Waals surface area (Å²) in [7, 11) is 0. The highest BCUT2D eigenvalue weighted by atomic mass is 32.1. The Morgan fingerprint density at radius 1 is 0.952 bits per heavy atom. The zero-order valence-corrected chi connectivity index (χ0v) is 12.2. The summed E-state index contributed by atoms with van der Waals surface area (Å²) in [4.78, 5) is 4.62. The highest BCUT2D eigenvalue weighted by molar-refractivity contribution is 7.09. The SMILES string of the molecule is Fc1ccc(CNCc2nc(-c3ccccc3)cs2)cc1. The second-order valence-electron chi connectivity index (χ2n) is 4.72. The zero-order valence-electron chi connectivity index (χ0n) is 11.4. The molecule has 1 N–H and O–H groups in total. The lowest BCUT2D eigenvalue weighted by molar-refractivity contribution is 0.625. The first kappa shape index (κ1) is 13.9. The Balaban J connectivity index is 1.57. The minimum absolute atomic E-state index is 0.203. The molecule has 0 fully saturated rings. The molecule has 1 aromatic heterocycles. The van der Waals surface area contributed by atoms with Gasteiger partial charge in [0.05, 0.1) is 5.69 Å². The summed E-state index contributed by atoms with van der Waals surface area (Å²) in [5, 5.41) is 6.45. The van der Waals surface area contributed by atoms with Crippen LogP contribution in [0.5, 0.6) is 0 Å². The number of thiazole rings is 1. The zero-order chi connectivity index (χ0) is 14.5. The van der Waals surface area contributed by atoms with Gasteiger partial charge in [0.2, 0.25) is 0 Å². The Bertz CT molecular complexity index is 692. The molecule has 3 rings (SSSR count). The molecule has 0 amide bonds. The fraction of sp³-hybridized carbons (Fsp3) is 0.118. The van der Waals surface area contributed by atoms with E-state index in [9.17, 15) is 4.39 Å². The van der Waals surface area contributed by atoms with Crippen LogP contribution >= 0.6 is 11.3 Å². The third-order valence-electron chi connectivity index (χ3n) is 3.14. The lowest BCUT2D eigenvalue weighted by Crippen LogP contribution is -2.12. The molecule has 0 radical (unpaired) electrons. The first-order valence-electron chi connectivity index (χ1n) is 6.76. The maximum atomic E-state index is 12.8. The molecule has 0 spiro atoms. The van der Waals surface area contributed by atoms with Crippen molar-refractivity contribution in [1.29, 1.82) is 0 Å². The fourth-order valence-electron chi connectivity index (χ4n) is 2.05. The van der Waals surface area contributed by atoms with Gasteiger partial charge in [0.15, 0.2) is 0 Å². The van der Waals surface area contributed by atoms with E-state index in [1.54, 1.807) is 23.5 Å². The second-order valence-corrected chi connectivity index (χ2v) is 5.67. The second kappa shape index (κ2) is 6.61. The van der Waals surface area contributed by atoms with Gasteiger partial charge in [-0.3, -0.25) is 0 Å². The lowest BCUT2D eigenvalue weighted by Gasteiger charge is -2.02. The van der Waals surface area contributed by atoms with Crippen molar-refractivity contribution in [2.75, 3.05) is 0 Å². The van der Waals surface area contributed by atoms with E-state index in [-0.39, 0.29) is 5.82 Å². The van der Waals surface area contributed by atoms with Crippen LogP contribution in [0.4, 0.5) is 4.39 Å². The molecule has 0 atom stereocenters. The molecule has 0 unspecified atom stereocenters. The third kappa shape index (κ3) is 3.74. The van der Waals surface area contributed by atoms with E-state index in [1.807, 2.05) is 18.2 Å². The van der Waals surface area contributed by atoms with Gasteiger partial charge in [-0.05, 0) is 17.7 Å². The fourth-order valence-corrected chi connectivity index (χ4v) is 2.82. The van der Waals surface area contributed by atoms with E-state index in [1.165, 1.54) is 12.1 Å². The third-order valence-corrected chi connectivity index (χ3v) is 3.99. The first-order chi connectivity index (χ1) is 10.3. The number of benzene rings is 2. The minimum Gasteiger partial charge on any atom is -0.306 e. The van der Waals surface area contributed by atoms with Crippen molar-refractivity contribution in [3.8, 4) is 11.3 Å². The van der Waals surface area contributed by atoms with Crippen LogP contribution in [0.2, 0.25) is 0 Å². The summed E-state index contributed by atoms with van der Waals surface area (Å²) in [6.45, 7) is 1.43. The molecule has 2 aromatic carbocycles. The van der Waals surface area contributed by atoms with Crippen LogP contribution in [-0.2, 0) is 13.1 Å². The van der Waals surface area contributed by atoms with Crippen molar-refractivity contribution >= 4 is 11.3 Å². The summed E-state index contributed by atoms with van der Waals surface area (Å²) in [6, 6.07) is 16.7. The molecule has 0 aliphatic rings. The normalized spacial score (nSPS) is 10.7. The lowest BCUT2D eigenvalue weighted by atomic mass is 10.2. The van der Waals surface area contributed by atoms with Gasteiger partial charge in [-0.2, -0.15) is 0 Å². The van der Waals surface area contributed by atoms with Crippen LogP contribution in [0.3, 0.4) is 0 Å². The Labute approximate surface area is 127 Å². The molecule has 0 aliphatic carbocycles. The maximum absolute atomic E-state index is 12.8. The molecule has 2 nitrogen and oxygen atoms in total. The maximum Gasteiger partial charge on any atom is 0.123 e. The smallest absolute Gasteiger partial charge is 0.123 e. The number of aromatic nitrogens is 1. The van der Waals surface area contributed by atoms with Gasteiger partial charge < -0.3 is 5.32 Å². The molecule has 4 heteroatoms. The van der Waals surface area contributed by atoms with Crippen molar-refractivity contribution in [3.63, 3.8) is 0 Å². The van der Waals surface area contributed by atoms with E-state index in [4.69, 9.17) is 0 Å². The number of halogens is 1. The molecular weight excluding hydrogens is 283 g/mol. The van der Waals surface area contributed by atoms with Crippen molar-refractivity contribution in [1.82, 2.24) is 10.3 Å². The first-order valence-corrected chi connectivity index (χ1v) is 7.64. The predicted octanol–water partition coefficient (Wildman–Crippen LogP) is 4.24. The van der Waals surface area contributed by atoms with Gasteiger partial charge in [0, 0.05) is 24.0 Å². The molecule has 0 aliphatic heterocycles. The van der Waals surface area contributed by atoms with Gasteiger partial charge >= 0.3 is 0 Å². The van der Waals surface area contributed by atoms with Crippen molar-refractivity contribution in [3.05, 3.63) is 76.4 Å². The number of rotatable bonds is 5. The van der Waals surface area contributed by atoms with E-state index >= 15 is 0 Å². The van der Waals surface area contributed by atoms with Crippen LogP contribution < -0.4 is 5.32 Å². The number of nitrogens with zero attached hydrogens (tertiary/aromatic N) is 1. The van der Waals surface area contributed by atoms with Crippen molar-refractivity contribution in [2.24, 2.45) is 0 Å². The summed E-state index contributed by atoms with van der Waals surface area (Å²) < 4.78 is 12.8. The van der Waals surface area contributed by atoms with Gasteiger partial charge in [0.25, 0.3) is 0 Å². The predicted molar refractivity (Wildman–Crippen MR) is 84.5 cm³/mol. The van der Waals surface area contributed by atoms with Crippen LogP contribution in [0.15, 0.2) is 60.0 Å². The highest BCUT2D eigenvalue weighted by Gasteiger charge is 2.03.